The lowest BCUT2D eigenvalue weighted by atomic mass is 9.77. The summed E-state index contributed by atoms with van der Waals surface area (Å²) in [6.07, 6.45) is 1.80. The molecular formula is C14H22N4O3. The van der Waals surface area contributed by atoms with Gasteiger partial charge in [0.2, 0.25) is 5.82 Å². The zero-order chi connectivity index (χ0) is 15.6. The number of aromatic nitrogens is 3. The first-order valence-corrected chi connectivity index (χ1v) is 7.34. The van der Waals surface area contributed by atoms with E-state index in [0.29, 0.717) is 31.6 Å². The van der Waals surface area contributed by atoms with Crippen LogP contribution in [0.3, 0.4) is 0 Å². The zero-order valence-electron chi connectivity index (χ0n) is 12.7. The van der Waals surface area contributed by atoms with Crippen LogP contribution in [0.5, 0.6) is 0 Å². The molecule has 1 amide bonds. The summed E-state index contributed by atoms with van der Waals surface area (Å²) in [5.74, 6) is -0.183. The van der Waals surface area contributed by atoms with E-state index in [0.717, 1.165) is 0 Å². The average Bonchev–Trinajstić information content (AvgIpc) is 2.96. The fourth-order valence-electron chi connectivity index (χ4n) is 2.69. The molecule has 0 aromatic carbocycles. The monoisotopic (exact) mass is 294 g/mol. The van der Waals surface area contributed by atoms with Gasteiger partial charge in [0.05, 0.1) is 5.41 Å². The maximum atomic E-state index is 12.4. The Morgan fingerprint density at radius 2 is 2.19 bits per heavy atom. The van der Waals surface area contributed by atoms with Crippen LogP contribution in [0, 0.1) is 5.41 Å². The van der Waals surface area contributed by atoms with Crippen LogP contribution in [0.1, 0.15) is 62.4 Å². The zero-order valence-corrected chi connectivity index (χ0v) is 12.7. The third kappa shape index (κ3) is 2.91. The van der Waals surface area contributed by atoms with E-state index in [1.54, 1.807) is 4.90 Å². The first-order chi connectivity index (χ1) is 9.89. The van der Waals surface area contributed by atoms with Crippen molar-refractivity contribution in [3.05, 3.63) is 11.6 Å². The Kier molecular flexibility index (Phi) is 4.29. The highest BCUT2D eigenvalue weighted by molar-refractivity contribution is 5.91. The summed E-state index contributed by atoms with van der Waals surface area (Å²) >= 11 is 0. The number of aliphatic carboxylic acids is 1. The molecule has 0 aliphatic carbocycles. The molecule has 2 N–H and O–H groups in total. The van der Waals surface area contributed by atoms with Crippen LogP contribution in [0.25, 0.3) is 0 Å². The smallest absolute Gasteiger partial charge is 0.311 e. The van der Waals surface area contributed by atoms with Crippen molar-refractivity contribution in [1.82, 2.24) is 20.1 Å². The molecule has 21 heavy (non-hydrogen) atoms. The van der Waals surface area contributed by atoms with Crippen molar-refractivity contribution in [2.75, 3.05) is 13.1 Å². The molecule has 0 saturated carbocycles. The van der Waals surface area contributed by atoms with E-state index in [1.165, 1.54) is 0 Å². The van der Waals surface area contributed by atoms with E-state index >= 15 is 0 Å². The van der Waals surface area contributed by atoms with Gasteiger partial charge in [-0.2, -0.15) is 0 Å². The van der Waals surface area contributed by atoms with Crippen LogP contribution in [0.2, 0.25) is 0 Å². The lowest BCUT2D eigenvalue weighted by Gasteiger charge is -2.38. The number of piperidine rings is 1. The highest BCUT2D eigenvalue weighted by Crippen LogP contribution is 2.34. The first kappa shape index (κ1) is 15.5. The molecule has 116 valence electrons. The molecule has 0 bridgehead atoms. The predicted octanol–water partition coefficient (Wildman–Crippen LogP) is 1.65. The van der Waals surface area contributed by atoms with Gasteiger partial charge in [0.15, 0.2) is 0 Å². The molecule has 7 heteroatoms. The second-order valence-electron chi connectivity index (χ2n) is 5.97. The van der Waals surface area contributed by atoms with E-state index in [9.17, 15) is 14.7 Å². The number of carbonyl (C=O) groups is 2. The van der Waals surface area contributed by atoms with Gasteiger partial charge in [-0.3, -0.25) is 14.7 Å². The van der Waals surface area contributed by atoms with Crippen molar-refractivity contribution in [2.24, 2.45) is 5.41 Å². The van der Waals surface area contributed by atoms with Crippen molar-refractivity contribution in [3.8, 4) is 0 Å². The molecule has 2 heterocycles. The lowest BCUT2D eigenvalue weighted by molar-refractivity contribution is -0.152. The summed E-state index contributed by atoms with van der Waals surface area (Å²) < 4.78 is 0. The van der Waals surface area contributed by atoms with Gasteiger partial charge in [-0.15, -0.1) is 5.10 Å². The van der Waals surface area contributed by atoms with Crippen LogP contribution in [-0.4, -0.2) is 50.2 Å². The Morgan fingerprint density at radius 1 is 1.48 bits per heavy atom. The number of carboxylic acid groups (broad SMARTS) is 1. The molecule has 0 radical (unpaired) electrons. The van der Waals surface area contributed by atoms with Gasteiger partial charge in [0, 0.05) is 19.0 Å². The number of rotatable bonds is 4. The van der Waals surface area contributed by atoms with Crippen molar-refractivity contribution in [3.63, 3.8) is 0 Å². The van der Waals surface area contributed by atoms with Crippen LogP contribution in [-0.2, 0) is 4.79 Å². The Balaban J connectivity index is 2.16. The van der Waals surface area contributed by atoms with Crippen LogP contribution >= 0.6 is 0 Å². The fourth-order valence-corrected chi connectivity index (χ4v) is 2.69. The maximum Gasteiger partial charge on any atom is 0.311 e. The Bertz CT molecular complexity index is 540. The Morgan fingerprint density at radius 3 is 2.71 bits per heavy atom. The minimum Gasteiger partial charge on any atom is -0.481 e. The number of hydrogen-bond donors (Lipinski definition) is 2. The summed E-state index contributed by atoms with van der Waals surface area (Å²) in [7, 11) is 0. The summed E-state index contributed by atoms with van der Waals surface area (Å²) in [5, 5.41) is 16.2. The second-order valence-corrected chi connectivity index (χ2v) is 5.97. The predicted molar refractivity (Wildman–Crippen MR) is 76.0 cm³/mol. The van der Waals surface area contributed by atoms with Crippen molar-refractivity contribution in [1.29, 1.82) is 0 Å². The maximum absolute atomic E-state index is 12.4. The Labute approximate surface area is 123 Å². The van der Waals surface area contributed by atoms with E-state index in [1.807, 2.05) is 20.8 Å². The number of aromatic amines is 1. The minimum absolute atomic E-state index is 0.121. The number of hydrogen-bond acceptors (Lipinski definition) is 4. The number of carboxylic acids is 1. The van der Waals surface area contributed by atoms with E-state index in [-0.39, 0.29) is 24.2 Å². The summed E-state index contributed by atoms with van der Waals surface area (Å²) in [5.41, 5.74) is -0.842. The minimum atomic E-state index is -0.842. The SMILES string of the molecule is CCC1(C(=O)O)CCCN(C(=O)c2n[nH]c(C(C)C)n2)C1. The van der Waals surface area contributed by atoms with E-state index in [2.05, 4.69) is 15.2 Å². The van der Waals surface area contributed by atoms with Gasteiger partial charge in [-0.25, -0.2) is 4.98 Å². The average molecular weight is 294 g/mol. The normalized spacial score (nSPS) is 22.6. The molecule has 2 rings (SSSR count). The number of nitrogens with zero attached hydrogens (tertiary/aromatic N) is 3. The topological polar surface area (TPSA) is 99.2 Å². The largest absolute Gasteiger partial charge is 0.481 e. The molecule has 1 aliphatic rings. The van der Waals surface area contributed by atoms with Gasteiger partial charge in [-0.1, -0.05) is 20.8 Å². The standard InChI is InChI=1S/C14H22N4O3/c1-4-14(13(20)21)6-5-7-18(8-14)12(19)11-15-10(9(2)3)16-17-11/h9H,4-8H2,1-3H3,(H,20,21)(H,15,16,17). The number of carbonyl (C=O) groups excluding carboxylic acids is 1. The summed E-state index contributed by atoms with van der Waals surface area (Å²) in [6, 6.07) is 0. The van der Waals surface area contributed by atoms with Crippen molar-refractivity contribution < 1.29 is 14.7 Å². The lowest BCUT2D eigenvalue weighted by Crippen LogP contribution is -2.49. The molecule has 7 nitrogen and oxygen atoms in total. The van der Waals surface area contributed by atoms with E-state index in [4.69, 9.17) is 0 Å². The van der Waals surface area contributed by atoms with Gasteiger partial charge in [0.25, 0.3) is 5.91 Å². The van der Waals surface area contributed by atoms with E-state index < -0.39 is 11.4 Å². The number of nitrogens with one attached hydrogen (secondary N) is 1. The highest BCUT2D eigenvalue weighted by Gasteiger charge is 2.42. The van der Waals surface area contributed by atoms with Gasteiger partial charge in [-0.05, 0) is 19.3 Å². The molecule has 1 unspecified atom stereocenters. The molecule has 1 aliphatic heterocycles. The quantitative estimate of drug-likeness (QED) is 0.879. The van der Waals surface area contributed by atoms with Crippen LogP contribution in [0.15, 0.2) is 0 Å². The molecule has 1 fully saturated rings. The molecule has 1 atom stereocenters. The molecule has 0 spiro atoms. The third-order valence-electron chi connectivity index (χ3n) is 4.24. The second kappa shape index (κ2) is 5.83. The first-order valence-electron chi connectivity index (χ1n) is 7.34. The number of likely N-dealkylation sites (tertiary alicyclic amines) is 1. The third-order valence-corrected chi connectivity index (χ3v) is 4.24. The Hall–Kier alpha value is -1.92. The molecule has 1 aromatic heterocycles. The number of H-pyrrole nitrogens is 1. The van der Waals surface area contributed by atoms with Gasteiger partial charge < -0.3 is 10.0 Å². The van der Waals surface area contributed by atoms with Crippen LogP contribution < -0.4 is 0 Å². The highest BCUT2D eigenvalue weighted by atomic mass is 16.4. The van der Waals surface area contributed by atoms with Crippen molar-refractivity contribution >= 4 is 11.9 Å². The van der Waals surface area contributed by atoms with Gasteiger partial charge in [0.1, 0.15) is 5.82 Å². The fraction of sp³-hybridized carbons (Fsp3) is 0.714. The van der Waals surface area contributed by atoms with Crippen LogP contribution in [0.4, 0.5) is 0 Å². The van der Waals surface area contributed by atoms with Crippen molar-refractivity contribution in [2.45, 2.75) is 46.0 Å². The van der Waals surface area contributed by atoms with Gasteiger partial charge >= 0.3 is 5.97 Å². The molecule has 1 aromatic rings. The molecular weight excluding hydrogens is 272 g/mol. The summed E-state index contributed by atoms with van der Waals surface area (Å²) in [4.78, 5) is 29.7. The summed E-state index contributed by atoms with van der Waals surface area (Å²) in [6.45, 7) is 6.55. The number of amides is 1. The molecule has 1 saturated heterocycles.